The van der Waals surface area contributed by atoms with Crippen LogP contribution in [0, 0.1) is 10.1 Å². The molecule has 1 aromatic rings. The van der Waals surface area contributed by atoms with Crippen molar-refractivity contribution in [2.45, 2.75) is 19.2 Å². The van der Waals surface area contributed by atoms with Crippen molar-refractivity contribution in [3.8, 4) is 11.5 Å². The molecule has 2 rings (SSSR count). The molecule has 1 heterocycles. The third-order valence-corrected chi connectivity index (χ3v) is 3.12. The molecular formula is C12H9BrF3NO4. The first-order valence-corrected chi connectivity index (χ1v) is 6.59. The number of ether oxygens (including phenoxy) is 2. The summed E-state index contributed by atoms with van der Waals surface area (Å²) in [6.07, 6.45) is -6.67. The summed E-state index contributed by atoms with van der Waals surface area (Å²) in [5.74, 6) is -0.0669. The lowest BCUT2D eigenvalue weighted by Gasteiger charge is -2.25. The van der Waals surface area contributed by atoms with Gasteiger partial charge in [0.2, 0.25) is 0 Å². The summed E-state index contributed by atoms with van der Waals surface area (Å²) in [6, 6.07) is 2.87. The molecule has 114 valence electrons. The van der Waals surface area contributed by atoms with E-state index in [0.717, 1.165) is 6.08 Å². The Hall–Kier alpha value is -1.77. The first kappa shape index (κ1) is 15.6. The zero-order valence-electron chi connectivity index (χ0n) is 10.6. The molecule has 0 amide bonds. The van der Waals surface area contributed by atoms with E-state index in [0.29, 0.717) is 4.47 Å². The Morgan fingerprint density at radius 1 is 1.48 bits per heavy atom. The van der Waals surface area contributed by atoms with Gasteiger partial charge in [-0.3, -0.25) is 10.1 Å². The molecule has 1 aliphatic heterocycles. The summed E-state index contributed by atoms with van der Waals surface area (Å²) in [5.41, 5.74) is -0.907. The van der Waals surface area contributed by atoms with Crippen LogP contribution in [0.15, 0.2) is 22.3 Å². The van der Waals surface area contributed by atoms with Gasteiger partial charge in [0.1, 0.15) is 0 Å². The van der Waals surface area contributed by atoms with Crippen LogP contribution in [0.1, 0.15) is 12.5 Å². The molecule has 9 heteroatoms. The van der Waals surface area contributed by atoms with Gasteiger partial charge in [-0.25, -0.2) is 0 Å². The summed E-state index contributed by atoms with van der Waals surface area (Å²) >= 11 is 3.17. The van der Waals surface area contributed by atoms with Crippen molar-refractivity contribution in [2.24, 2.45) is 0 Å². The second-order valence-corrected chi connectivity index (χ2v) is 5.04. The number of alkyl halides is 3. The van der Waals surface area contributed by atoms with Gasteiger partial charge in [-0.15, -0.1) is 0 Å². The SMILES string of the molecule is CCOc1cc(Br)cc2c1OC(C(F)(F)F)C([N+](=O)[O-])=C2. The standard InChI is InChI=1S/C12H9BrF3NO4/c1-2-20-9-5-7(13)3-6-4-8(17(18)19)11(12(14,15)16)21-10(6)9/h3-5,11H,2H2,1H3. The van der Waals surface area contributed by atoms with Crippen LogP contribution >= 0.6 is 15.9 Å². The molecule has 0 radical (unpaired) electrons. The highest BCUT2D eigenvalue weighted by molar-refractivity contribution is 9.10. The largest absolute Gasteiger partial charge is 0.490 e. The fraction of sp³-hybridized carbons (Fsp3) is 0.333. The van der Waals surface area contributed by atoms with E-state index < -0.39 is 22.9 Å². The average Bonchev–Trinajstić information content (AvgIpc) is 2.36. The van der Waals surface area contributed by atoms with Crippen molar-refractivity contribution in [3.63, 3.8) is 0 Å². The van der Waals surface area contributed by atoms with Crippen LogP contribution in [0.3, 0.4) is 0 Å². The van der Waals surface area contributed by atoms with Crippen molar-refractivity contribution in [3.05, 3.63) is 38.0 Å². The summed E-state index contributed by atoms with van der Waals surface area (Å²) in [7, 11) is 0. The molecule has 0 saturated carbocycles. The van der Waals surface area contributed by atoms with Crippen molar-refractivity contribution < 1.29 is 27.6 Å². The summed E-state index contributed by atoms with van der Waals surface area (Å²) in [6.45, 7) is 1.88. The van der Waals surface area contributed by atoms with Crippen LogP contribution < -0.4 is 9.47 Å². The monoisotopic (exact) mass is 367 g/mol. The Balaban J connectivity index is 2.60. The van der Waals surface area contributed by atoms with E-state index in [9.17, 15) is 23.3 Å². The van der Waals surface area contributed by atoms with Crippen LogP contribution in [0.4, 0.5) is 13.2 Å². The van der Waals surface area contributed by atoms with Crippen LogP contribution in [0.2, 0.25) is 0 Å². The van der Waals surface area contributed by atoms with E-state index >= 15 is 0 Å². The van der Waals surface area contributed by atoms with E-state index in [1.54, 1.807) is 6.92 Å². The number of halogens is 4. The lowest BCUT2D eigenvalue weighted by atomic mass is 10.1. The number of rotatable bonds is 3. The number of benzene rings is 1. The molecule has 1 aromatic carbocycles. The number of nitrogens with zero attached hydrogens (tertiary/aromatic N) is 1. The Morgan fingerprint density at radius 3 is 2.67 bits per heavy atom. The second-order valence-electron chi connectivity index (χ2n) is 4.12. The van der Waals surface area contributed by atoms with E-state index in [4.69, 9.17) is 9.47 Å². The molecule has 0 aromatic heterocycles. The fourth-order valence-corrected chi connectivity index (χ4v) is 2.34. The Labute approximate surface area is 125 Å². The molecule has 1 atom stereocenters. The Kier molecular flexibility index (Phi) is 4.13. The van der Waals surface area contributed by atoms with Gasteiger partial charge in [0, 0.05) is 16.1 Å². The fourth-order valence-electron chi connectivity index (χ4n) is 1.88. The predicted octanol–water partition coefficient (Wildman–Crippen LogP) is 3.79. The molecule has 0 bridgehead atoms. The first-order valence-electron chi connectivity index (χ1n) is 5.79. The molecule has 0 aliphatic carbocycles. The lowest BCUT2D eigenvalue weighted by molar-refractivity contribution is -0.443. The molecule has 0 saturated heterocycles. The molecule has 0 fully saturated rings. The summed E-state index contributed by atoms with van der Waals surface area (Å²) < 4.78 is 49.3. The molecule has 1 unspecified atom stereocenters. The minimum absolute atomic E-state index is 0.0924. The highest BCUT2D eigenvalue weighted by Crippen LogP contribution is 2.43. The number of hydrogen-bond acceptors (Lipinski definition) is 4. The van der Waals surface area contributed by atoms with Gasteiger partial charge < -0.3 is 9.47 Å². The maximum absolute atomic E-state index is 12.9. The van der Waals surface area contributed by atoms with Crippen LogP contribution in [0.5, 0.6) is 11.5 Å². The summed E-state index contributed by atoms with van der Waals surface area (Å²) in [4.78, 5) is 9.74. The number of fused-ring (bicyclic) bond motifs is 1. The number of hydrogen-bond donors (Lipinski definition) is 0. The maximum atomic E-state index is 12.9. The molecular weight excluding hydrogens is 359 g/mol. The van der Waals surface area contributed by atoms with E-state index in [-0.39, 0.29) is 23.7 Å². The van der Waals surface area contributed by atoms with Gasteiger partial charge in [0.05, 0.1) is 11.5 Å². The first-order chi connectivity index (χ1) is 9.74. The zero-order chi connectivity index (χ0) is 15.8. The van der Waals surface area contributed by atoms with Gasteiger partial charge in [-0.1, -0.05) is 15.9 Å². The van der Waals surface area contributed by atoms with E-state index in [1.807, 2.05) is 0 Å². The second kappa shape index (κ2) is 5.55. The van der Waals surface area contributed by atoms with Crippen molar-refractivity contribution in [1.29, 1.82) is 0 Å². The molecule has 1 aliphatic rings. The van der Waals surface area contributed by atoms with E-state index in [1.165, 1.54) is 12.1 Å². The number of nitro groups is 1. The molecule has 5 nitrogen and oxygen atoms in total. The van der Waals surface area contributed by atoms with Crippen molar-refractivity contribution in [2.75, 3.05) is 6.61 Å². The average molecular weight is 368 g/mol. The van der Waals surface area contributed by atoms with Gasteiger partial charge in [-0.05, 0) is 19.1 Å². The van der Waals surface area contributed by atoms with Gasteiger partial charge in [-0.2, -0.15) is 13.2 Å². The van der Waals surface area contributed by atoms with Gasteiger partial charge in [0.25, 0.3) is 11.8 Å². The summed E-state index contributed by atoms with van der Waals surface area (Å²) in [5, 5.41) is 10.8. The molecule has 0 N–H and O–H groups in total. The highest BCUT2D eigenvalue weighted by Gasteiger charge is 2.52. The van der Waals surface area contributed by atoms with Gasteiger partial charge in [0.15, 0.2) is 11.5 Å². The van der Waals surface area contributed by atoms with E-state index in [2.05, 4.69) is 15.9 Å². The Bertz CT molecular complexity index is 615. The Morgan fingerprint density at radius 2 is 2.14 bits per heavy atom. The van der Waals surface area contributed by atoms with Crippen LogP contribution in [-0.2, 0) is 0 Å². The highest BCUT2D eigenvalue weighted by atomic mass is 79.9. The lowest BCUT2D eigenvalue weighted by Crippen LogP contribution is -2.40. The third-order valence-electron chi connectivity index (χ3n) is 2.66. The minimum Gasteiger partial charge on any atom is -0.490 e. The molecule has 0 spiro atoms. The smallest absolute Gasteiger partial charge is 0.436 e. The topological polar surface area (TPSA) is 61.6 Å². The minimum atomic E-state index is -4.90. The predicted molar refractivity (Wildman–Crippen MR) is 70.8 cm³/mol. The zero-order valence-corrected chi connectivity index (χ0v) is 12.2. The van der Waals surface area contributed by atoms with Crippen LogP contribution in [-0.4, -0.2) is 23.8 Å². The molecule has 21 heavy (non-hydrogen) atoms. The quantitative estimate of drug-likeness (QED) is 0.602. The van der Waals surface area contributed by atoms with Gasteiger partial charge >= 0.3 is 6.18 Å². The third kappa shape index (κ3) is 3.12. The van der Waals surface area contributed by atoms with Crippen molar-refractivity contribution in [1.82, 2.24) is 0 Å². The van der Waals surface area contributed by atoms with Crippen molar-refractivity contribution >= 4 is 22.0 Å². The normalized spacial score (nSPS) is 17.6. The van der Waals surface area contributed by atoms with Crippen LogP contribution in [0.25, 0.3) is 6.08 Å². The maximum Gasteiger partial charge on any atom is 0.436 e.